The molecule has 1 rings (SSSR count). The van der Waals surface area contributed by atoms with Crippen LogP contribution in [-0.4, -0.2) is 0 Å². The summed E-state index contributed by atoms with van der Waals surface area (Å²) in [6, 6.07) is 0. The molecule has 0 radical (unpaired) electrons. The molecule has 0 fully saturated rings. The summed E-state index contributed by atoms with van der Waals surface area (Å²) < 4.78 is 0. The number of allylic oxidation sites excluding steroid dienone is 4. The van der Waals surface area contributed by atoms with Gasteiger partial charge in [0.05, 0.1) is 0 Å². The standard InChI is InChI=1S/C11H18/c1-10(2)11-8-6-4-3-5-7-9-11/h6-11H,3-5H2,1-2H3/b8-6-,9-7-. The van der Waals surface area contributed by atoms with Crippen molar-refractivity contribution in [1.29, 1.82) is 0 Å². The van der Waals surface area contributed by atoms with Gasteiger partial charge >= 0.3 is 0 Å². The largest absolute Gasteiger partial charge is 0.0879 e. The highest BCUT2D eigenvalue weighted by molar-refractivity contribution is 5.03. The highest BCUT2D eigenvalue weighted by Crippen LogP contribution is 2.17. The van der Waals surface area contributed by atoms with Gasteiger partial charge in [0.15, 0.2) is 0 Å². The van der Waals surface area contributed by atoms with Crippen LogP contribution in [0.3, 0.4) is 0 Å². The third-order valence-electron chi connectivity index (χ3n) is 2.23. The molecule has 1 aliphatic rings. The Hall–Kier alpha value is -0.520. The first-order valence-corrected chi connectivity index (χ1v) is 4.64. The third kappa shape index (κ3) is 2.92. The minimum absolute atomic E-state index is 0.676. The summed E-state index contributed by atoms with van der Waals surface area (Å²) in [6.07, 6.45) is 13.2. The second-order valence-corrected chi connectivity index (χ2v) is 3.61. The van der Waals surface area contributed by atoms with Crippen LogP contribution in [0.15, 0.2) is 24.3 Å². The van der Waals surface area contributed by atoms with E-state index in [1.807, 2.05) is 0 Å². The van der Waals surface area contributed by atoms with Crippen molar-refractivity contribution >= 4 is 0 Å². The first-order valence-electron chi connectivity index (χ1n) is 4.64. The highest BCUT2D eigenvalue weighted by Gasteiger charge is 2.05. The lowest BCUT2D eigenvalue weighted by atomic mass is 9.93. The summed E-state index contributed by atoms with van der Waals surface area (Å²) in [7, 11) is 0. The quantitative estimate of drug-likeness (QED) is 0.501. The molecule has 0 saturated carbocycles. The van der Waals surface area contributed by atoms with Crippen molar-refractivity contribution in [2.45, 2.75) is 33.1 Å². The van der Waals surface area contributed by atoms with Gasteiger partial charge in [0.25, 0.3) is 0 Å². The van der Waals surface area contributed by atoms with E-state index in [1.165, 1.54) is 19.3 Å². The molecule has 0 unspecified atom stereocenters. The normalized spacial score (nSPS) is 26.1. The van der Waals surface area contributed by atoms with Gasteiger partial charge < -0.3 is 0 Å². The van der Waals surface area contributed by atoms with Crippen LogP contribution in [0.2, 0.25) is 0 Å². The molecule has 0 bridgehead atoms. The molecular weight excluding hydrogens is 132 g/mol. The van der Waals surface area contributed by atoms with Crippen molar-refractivity contribution in [2.75, 3.05) is 0 Å². The second kappa shape index (κ2) is 4.38. The van der Waals surface area contributed by atoms with Crippen LogP contribution in [-0.2, 0) is 0 Å². The molecule has 0 spiro atoms. The Balaban J connectivity index is 2.54. The van der Waals surface area contributed by atoms with Crippen molar-refractivity contribution in [3.63, 3.8) is 0 Å². The molecule has 0 N–H and O–H groups in total. The Bertz CT molecular complexity index is 137. The van der Waals surface area contributed by atoms with E-state index in [0.29, 0.717) is 5.92 Å². The van der Waals surface area contributed by atoms with Crippen LogP contribution in [0.1, 0.15) is 33.1 Å². The van der Waals surface area contributed by atoms with Gasteiger partial charge in [-0.1, -0.05) is 38.2 Å². The Labute approximate surface area is 70.0 Å². The summed E-state index contributed by atoms with van der Waals surface area (Å²) in [6.45, 7) is 4.56. The number of hydrogen-bond acceptors (Lipinski definition) is 0. The van der Waals surface area contributed by atoms with Crippen molar-refractivity contribution in [2.24, 2.45) is 11.8 Å². The van der Waals surface area contributed by atoms with E-state index in [2.05, 4.69) is 38.2 Å². The molecule has 0 aliphatic heterocycles. The van der Waals surface area contributed by atoms with E-state index >= 15 is 0 Å². The zero-order chi connectivity index (χ0) is 8.10. The molecule has 0 atom stereocenters. The van der Waals surface area contributed by atoms with Gasteiger partial charge in [-0.2, -0.15) is 0 Å². The molecule has 0 aromatic carbocycles. The molecule has 0 aromatic rings. The van der Waals surface area contributed by atoms with E-state index < -0.39 is 0 Å². The van der Waals surface area contributed by atoms with E-state index in [-0.39, 0.29) is 0 Å². The maximum absolute atomic E-state index is 2.35. The number of rotatable bonds is 1. The molecule has 1 aliphatic carbocycles. The van der Waals surface area contributed by atoms with Crippen LogP contribution in [0.25, 0.3) is 0 Å². The van der Waals surface area contributed by atoms with Crippen LogP contribution >= 0.6 is 0 Å². The lowest BCUT2D eigenvalue weighted by Crippen LogP contribution is -2.02. The average Bonchev–Trinajstić information content (AvgIpc) is 1.84. The zero-order valence-corrected chi connectivity index (χ0v) is 7.59. The zero-order valence-electron chi connectivity index (χ0n) is 7.59. The molecule has 0 saturated heterocycles. The monoisotopic (exact) mass is 150 g/mol. The summed E-state index contributed by atoms with van der Waals surface area (Å²) in [5, 5.41) is 0. The van der Waals surface area contributed by atoms with Gasteiger partial charge in [-0.25, -0.2) is 0 Å². The first-order chi connectivity index (χ1) is 5.30. The van der Waals surface area contributed by atoms with Crippen LogP contribution < -0.4 is 0 Å². The van der Waals surface area contributed by atoms with Gasteiger partial charge in [0, 0.05) is 0 Å². The summed E-state index contributed by atoms with van der Waals surface area (Å²) in [5.41, 5.74) is 0. The third-order valence-corrected chi connectivity index (χ3v) is 2.23. The van der Waals surface area contributed by atoms with E-state index in [1.54, 1.807) is 0 Å². The van der Waals surface area contributed by atoms with Gasteiger partial charge in [0.1, 0.15) is 0 Å². The highest BCUT2D eigenvalue weighted by atomic mass is 14.1. The van der Waals surface area contributed by atoms with Gasteiger partial charge in [-0.3, -0.25) is 0 Å². The predicted octanol–water partition coefficient (Wildman–Crippen LogP) is 3.55. The maximum Gasteiger partial charge on any atom is -0.00305 e. The molecule has 0 heteroatoms. The first kappa shape index (κ1) is 8.58. The molecule has 11 heavy (non-hydrogen) atoms. The van der Waals surface area contributed by atoms with Crippen molar-refractivity contribution in [3.05, 3.63) is 24.3 Å². The minimum Gasteiger partial charge on any atom is -0.0879 e. The molecule has 0 aromatic heterocycles. The van der Waals surface area contributed by atoms with Gasteiger partial charge in [-0.15, -0.1) is 0 Å². The average molecular weight is 150 g/mol. The van der Waals surface area contributed by atoms with Crippen molar-refractivity contribution in [3.8, 4) is 0 Å². The Kier molecular flexibility index (Phi) is 3.41. The van der Waals surface area contributed by atoms with Gasteiger partial charge in [-0.05, 0) is 31.1 Å². The smallest absolute Gasteiger partial charge is 0.00305 e. The van der Waals surface area contributed by atoms with E-state index in [0.717, 1.165) is 5.92 Å². The lowest BCUT2D eigenvalue weighted by Gasteiger charge is -2.13. The second-order valence-electron chi connectivity index (χ2n) is 3.61. The molecule has 0 nitrogen and oxygen atoms in total. The summed E-state index contributed by atoms with van der Waals surface area (Å²) in [4.78, 5) is 0. The predicted molar refractivity (Wildman–Crippen MR) is 50.5 cm³/mol. The fourth-order valence-electron chi connectivity index (χ4n) is 1.37. The fourth-order valence-corrected chi connectivity index (χ4v) is 1.37. The molecule has 0 amide bonds. The number of hydrogen-bond donors (Lipinski definition) is 0. The topological polar surface area (TPSA) is 0 Å². The molecular formula is C11H18. The van der Waals surface area contributed by atoms with Crippen LogP contribution in [0.5, 0.6) is 0 Å². The maximum atomic E-state index is 2.35. The Morgan fingerprint density at radius 2 is 1.64 bits per heavy atom. The molecule has 0 heterocycles. The van der Waals surface area contributed by atoms with E-state index in [9.17, 15) is 0 Å². The fraction of sp³-hybridized carbons (Fsp3) is 0.636. The van der Waals surface area contributed by atoms with Crippen molar-refractivity contribution < 1.29 is 0 Å². The van der Waals surface area contributed by atoms with E-state index in [4.69, 9.17) is 0 Å². The van der Waals surface area contributed by atoms with Crippen LogP contribution in [0.4, 0.5) is 0 Å². The minimum atomic E-state index is 0.676. The van der Waals surface area contributed by atoms with Crippen LogP contribution in [0, 0.1) is 11.8 Å². The lowest BCUT2D eigenvalue weighted by molar-refractivity contribution is 0.544. The summed E-state index contributed by atoms with van der Waals surface area (Å²) in [5.74, 6) is 1.43. The Morgan fingerprint density at radius 3 is 2.09 bits per heavy atom. The van der Waals surface area contributed by atoms with Gasteiger partial charge in [0.2, 0.25) is 0 Å². The Morgan fingerprint density at radius 1 is 1.09 bits per heavy atom. The molecule has 62 valence electrons. The van der Waals surface area contributed by atoms with Crippen molar-refractivity contribution in [1.82, 2.24) is 0 Å². The summed E-state index contributed by atoms with van der Waals surface area (Å²) >= 11 is 0. The SMILES string of the molecule is CC(C)C1/C=C\CCC/C=C\1.